The van der Waals surface area contributed by atoms with E-state index in [1.54, 1.807) is 12.1 Å². The Bertz CT molecular complexity index is 1150. The van der Waals surface area contributed by atoms with Crippen molar-refractivity contribution in [2.24, 2.45) is 5.92 Å². The van der Waals surface area contributed by atoms with Gasteiger partial charge in [0.05, 0.1) is 5.39 Å². The second-order valence-electron chi connectivity index (χ2n) is 8.45. The molecule has 0 saturated heterocycles. The van der Waals surface area contributed by atoms with E-state index in [1.165, 1.54) is 15.9 Å². The maximum atomic E-state index is 13.0. The van der Waals surface area contributed by atoms with E-state index in [9.17, 15) is 9.59 Å². The number of nitrogens with zero attached hydrogens (tertiary/aromatic N) is 3. The van der Waals surface area contributed by atoms with Crippen LogP contribution in [0.15, 0.2) is 47.3 Å². The topological polar surface area (TPSA) is 67.2 Å². The Morgan fingerprint density at radius 3 is 2.70 bits per heavy atom. The summed E-state index contributed by atoms with van der Waals surface area (Å²) in [5.74, 6) is -0.0144. The molecule has 1 aromatic heterocycles. The summed E-state index contributed by atoms with van der Waals surface area (Å²) in [7, 11) is 2.11. The number of benzene rings is 2. The summed E-state index contributed by atoms with van der Waals surface area (Å²) in [5, 5.41) is 8.53. The van der Waals surface area contributed by atoms with E-state index >= 15 is 0 Å². The Kier molecular flexibility index (Phi) is 5.57. The summed E-state index contributed by atoms with van der Waals surface area (Å²) < 4.78 is 1.41. The molecule has 0 fully saturated rings. The monoisotopic (exact) mass is 404 g/mol. The molecule has 6 nitrogen and oxygen atoms in total. The van der Waals surface area contributed by atoms with E-state index in [0.29, 0.717) is 29.6 Å². The number of carbonyl (C=O) groups is 1. The molecule has 0 bridgehead atoms. The predicted molar refractivity (Wildman–Crippen MR) is 120 cm³/mol. The molecule has 0 aliphatic carbocycles. The molecule has 2 heterocycles. The molecule has 0 spiro atoms. The van der Waals surface area contributed by atoms with Crippen molar-refractivity contribution in [3.05, 3.63) is 69.6 Å². The van der Waals surface area contributed by atoms with E-state index in [2.05, 4.69) is 40.6 Å². The number of nitrogens with one attached hydrogen (secondary N) is 1. The number of fused-ring (bicyclic) bond motifs is 2. The van der Waals surface area contributed by atoms with Crippen molar-refractivity contribution >= 4 is 22.4 Å². The number of rotatable bonds is 5. The Labute approximate surface area is 176 Å². The first-order valence-electron chi connectivity index (χ1n) is 10.5. The first-order chi connectivity index (χ1) is 14.4. The highest BCUT2D eigenvalue weighted by Gasteiger charge is 2.18. The molecule has 1 amide bonds. The van der Waals surface area contributed by atoms with Crippen LogP contribution in [0, 0.1) is 5.92 Å². The first kappa shape index (κ1) is 20.1. The van der Waals surface area contributed by atoms with Crippen LogP contribution in [0.25, 0.3) is 10.8 Å². The molecule has 0 atom stereocenters. The van der Waals surface area contributed by atoms with Crippen molar-refractivity contribution < 1.29 is 4.79 Å². The number of carbonyl (C=O) groups excluding carboxylic acids is 1. The summed E-state index contributed by atoms with van der Waals surface area (Å²) in [4.78, 5) is 28.0. The molecule has 156 valence electrons. The fourth-order valence-electron chi connectivity index (χ4n) is 4.09. The van der Waals surface area contributed by atoms with Gasteiger partial charge in [-0.15, -0.1) is 0 Å². The van der Waals surface area contributed by atoms with Crippen LogP contribution in [0.5, 0.6) is 0 Å². The Morgan fingerprint density at radius 1 is 1.17 bits per heavy atom. The highest BCUT2D eigenvalue weighted by atomic mass is 16.2. The number of hydrogen-bond acceptors (Lipinski definition) is 4. The molecule has 2 aromatic carbocycles. The smallest absolute Gasteiger partial charge is 0.274 e. The summed E-state index contributed by atoms with van der Waals surface area (Å²) in [5.41, 5.74) is 3.80. The van der Waals surface area contributed by atoms with Crippen molar-refractivity contribution in [2.75, 3.05) is 18.5 Å². The van der Waals surface area contributed by atoms with E-state index in [-0.39, 0.29) is 17.4 Å². The minimum Gasteiger partial charge on any atom is -0.374 e. The lowest BCUT2D eigenvalue weighted by atomic mass is 9.99. The van der Waals surface area contributed by atoms with Crippen molar-refractivity contribution in [2.45, 2.75) is 39.8 Å². The highest BCUT2D eigenvalue weighted by molar-refractivity contribution is 6.04. The van der Waals surface area contributed by atoms with Gasteiger partial charge in [0.15, 0.2) is 5.69 Å². The lowest BCUT2D eigenvalue weighted by Gasteiger charge is -2.27. The molecule has 0 radical (unpaired) electrons. The van der Waals surface area contributed by atoms with Gasteiger partial charge in [-0.05, 0) is 42.0 Å². The molecule has 30 heavy (non-hydrogen) atoms. The molecule has 1 N–H and O–H groups in total. The predicted octanol–water partition coefficient (Wildman–Crippen LogP) is 3.36. The van der Waals surface area contributed by atoms with Crippen LogP contribution in [-0.4, -0.2) is 29.3 Å². The zero-order valence-corrected chi connectivity index (χ0v) is 17.8. The van der Waals surface area contributed by atoms with Crippen LogP contribution < -0.4 is 15.8 Å². The van der Waals surface area contributed by atoms with Gasteiger partial charge in [-0.1, -0.05) is 44.2 Å². The van der Waals surface area contributed by atoms with Crippen LogP contribution in [0.1, 0.15) is 41.9 Å². The average Bonchev–Trinajstić information content (AvgIpc) is 2.74. The normalized spacial score (nSPS) is 13.5. The van der Waals surface area contributed by atoms with Crippen LogP contribution >= 0.6 is 0 Å². The summed E-state index contributed by atoms with van der Waals surface area (Å²) >= 11 is 0. The zero-order valence-electron chi connectivity index (χ0n) is 17.8. The Morgan fingerprint density at radius 2 is 1.93 bits per heavy atom. The fourth-order valence-corrected chi connectivity index (χ4v) is 4.09. The molecule has 1 aliphatic heterocycles. The van der Waals surface area contributed by atoms with Gasteiger partial charge in [0.1, 0.15) is 0 Å². The van der Waals surface area contributed by atoms with E-state index in [1.807, 2.05) is 26.0 Å². The molecule has 3 aromatic rings. The van der Waals surface area contributed by atoms with Crippen LogP contribution in [-0.2, 0) is 19.5 Å². The first-order valence-corrected chi connectivity index (χ1v) is 10.5. The third-order valence-corrected chi connectivity index (χ3v) is 5.57. The lowest BCUT2D eigenvalue weighted by molar-refractivity contribution is 0.0945. The molecule has 0 saturated carbocycles. The quantitative estimate of drug-likeness (QED) is 0.708. The van der Waals surface area contributed by atoms with Crippen molar-refractivity contribution in [1.29, 1.82) is 0 Å². The number of aryl methyl sites for hydroxylation is 1. The van der Waals surface area contributed by atoms with Gasteiger partial charge in [-0.25, -0.2) is 4.68 Å². The van der Waals surface area contributed by atoms with Gasteiger partial charge in [-0.2, -0.15) is 5.10 Å². The third kappa shape index (κ3) is 3.95. The van der Waals surface area contributed by atoms with E-state index < -0.39 is 0 Å². The largest absolute Gasteiger partial charge is 0.374 e. The zero-order chi connectivity index (χ0) is 21.3. The maximum absolute atomic E-state index is 13.0. The van der Waals surface area contributed by atoms with Crippen molar-refractivity contribution in [3.8, 4) is 0 Å². The summed E-state index contributed by atoms with van der Waals surface area (Å²) in [6.45, 7) is 6.03. The number of anilines is 1. The lowest BCUT2D eigenvalue weighted by Crippen LogP contribution is -2.31. The van der Waals surface area contributed by atoms with Crippen molar-refractivity contribution in [1.82, 2.24) is 15.1 Å². The molecule has 1 aliphatic rings. The molecule has 6 heteroatoms. The van der Waals surface area contributed by atoms with Crippen LogP contribution in [0.4, 0.5) is 5.69 Å². The molecule has 4 rings (SSSR count). The second-order valence-corrected chi connectivity index (χ2v) is 8.45. The van der Waals surface area contributed by atoms with Crippen LogP contribution in [0.2, 0.25) is 0 Å². The summed E-state index contributed by atoms with van der Waals surface area (Å²) in [6, 6.07) is 13.6. The SMILES string of the molecule is CC(C)Cn1nc(C(=O)NCc2ccc3c(c2)CCCN3C)c2ccccc2c1=O. The third-order valence-electron chi connectivity index (χ3n) is 5.57. The average molecular weight is 405 g/mol. The molecular formula is C24H28N4O2. The number of hydrogen-bond donors (Lipinski definition) is 1. The minimum atomic E-state index is -0.265. The van der Waals surface area contributed by atoms with Gasteiger partial charge in [0.2, 0.25) is 0 Å². The van der Waals surface area contributed by atoms with Crippen molar-refractivity contribution in [3.63, 3.8) is 0 Å². The fraction of sp³-hybridized carbons (Fsp3) is 0.375. The van der Waals surface area contributed by atoms with Gasteiger partial charge >= 0.3 is 0 Å². The number of amides is 1. The minimum absolute atomic E-state index is 0.158. The molecular weight excluding hydrogens is 376 g/mol. The summed E-state index contributed by atoms with van der Waals surface area (Å²) in [6.07, 6.45) is 2.21. The molecule has 0 unspecified atom stereocenters. The van der Waals surface area contributed by atoms with E-state index in [0.717, 1.165) is 24.9 Å². The van der Waals surface area contributed by atoms with Gasteiger partial charge < -0.3 is 10.2 Å². The van der Waals surface area contributed by atoms with Gasteiger partial charge in [0.25, 0.3) is 11.5 Å². The van der Waals surface area contributed by atoms with E-state index in [4.69, 9.17) is 0 Å². The second kappa shape index (κ2) is 8.30. The van der Waals surface area contributed by atoms with Gasteiger partial charge in [0, 0.05) is 37.8 Å². The van der Waals surface area contributed by atoms with Crippen LogP contribution in [0.3, 0.4) is 0 Å². The Balaban J connectivity index is 1.60. The maximum Gasteiger partial charge on any atom is 0.274 e. The Hall–Kier alpha value is -3.15. The standard InChI is InChI=1S/C24H28N4O2/c1-16(2)15-28-24(30)20-9-5-4-8-19(20)22(26-28)23(29)25-14-17-10-11-21-18(13-17)7-6-12-27(21)3/h4-5,8-11,13,16H,6-7,12,14-15H2,1-3H3,(H,25,29). The number of aromatic nitrogens is 2. The highest BCUT2D eigenvalue weighted by Crippen LogP contribution is 2.26. The van der Waals surface area contributed by atoms with Gasteiger partial charge in [-0.3, -0.25) is 9.59 Å².